The average molecular weight is 293 g/mol. The van der Waals surface area contributed by atoms with Crippen LogP contribution in [-0.2, 0) is 4.74 Å². The Labute approximate surface area is 125 Å². The summed E-state index contributed by atoms with van der Waals surface area (Å²) in [5.74, 6) is -0.318. The second kappa shape index (κ2) is 8.00. The normalized spacial score (nSPS) is 20.0. The van der Waals surface area contributed by atoms with Gasteiger partial charge in [0.05, 0.1) is 18.3 Å². The molecule has 5 heteroatoms. The van der Waals surface area contributed by atoms with E-state index in [1.54, 1.807) is 24.3 Å². The maximum Gasteiger partial charge on any atom is 0.335 e. The lowest BCUT2D eigenvalue weighted by atomic mass is 10.2. The number of benzene rings is 1. The summed E-state index contributed by atoms with van der Waals surface area (Å²) in [4.78, 5) is 13.3. The van der Waals surface area contributed by atoms with Crippen molar-refractivity contribution in [3.05, 3.63) is 29.8 Å². The predicted molar refractivity (Wildman–Crippen MR) is 80.0 cm³/mol. The van der Waals surface area contributed by atoms with E-state index < -0.39 is 5.97 Å². The molecular weight excluding hydrogens is 270 g/mol. The van der Waals surface area contributed by atoms with Gasteiger partial charge in [-0.2, -0.15) is 0 Å². The standard InChI is InChI=1S/C16H23NO4/c1-13-12-17(7-3-9-20-13)8-4-10-21-15-6-2-5-14(11-15)16(18)19/h2,5-6,11,13H,3-4,7-10,12H2,1H3,(H,18,19). The fraction of sp³-hybridized carbons (Fsp3) is 0.562. The number of carbonyl (C=O) groups is 1. The van der Waals surface area contributed by atoms with E-state index in [1.165, 1.54) is 0 Å². The molecule has 0 saturated carbocycles. The van der Waals surface area contributed by atoms with Crippen molar-refractivity contribution in [3.63, 3.8) is 0 Å². The second-order valence-corrected chi connectivity index (χ2v) is 5.37. The summed E-state index contributed by atoms with van der Waals surface area (Å²) in [6.45, 7) is 6.55. The highest BCUT2D eigenvalue weighted by Gasteiger charge is 2.14. The van der Waals surface area contributed by atoms with Crippen LogP contribution in [0.1, 0.15) is 30.1 Å². The summed E-state index contributed by atoms with van der Waals surface area (Å²) in [6.07, 6.45) is 2.29. The van der Waals surface area contributed by atoms with Crippen molar-refractivity contribution in [2.75, 3.05) is 32.8 Å². The van der Waals surface area contributed by atoms with E-state index in [9.17, 15) is 4.79 Å². The van der Waals surface area contributed by atoms with Gasteiger partial charge in [0, 0.05) is 26.2 Å². The number of hydrogen-bond donors (Lipinski definition) is 1. The fourth-order valence-corrected chi connectivity index (χ4v) is 2.48. The van der Waals surface area contributed by atoms with E-state index in [4.69, 9.17) is 14.6 Å². The quantitative estimate of drug-likeness (QED) is 0.815. The van der Waals surface area contributed by atoms with Gasteiger partial charge >= 0.3 is 5.97 Å². The zero-order valence-corrected chi connectivity index (χ0v) is 12.5. The summed E-state index contributed by atoms with van der Waals surface area (Å²) in [6, 6.07) is 6.61. The molecule has 0 spiro atoms. The lowest BCUT2D eigenvalue weighted by molar-refractivity contribution is 0.0670. The molecule has 1 saturated heterocycles. The monoisotopic (exact) mass is 293 g/mol. The minimum atomic E-state index is -0.931. The maximum absolute atomic E-state index is 10.9. The molecule has 1 unspecified atom stereocenters. The first-order valence-electron chi connectivity index (χ1n) is 7.45. The summed E-state index contributed by atoms with van der Waals surface area (Å²) >= 11 is 0. The van der Waals surface area contributed by atoms with Crippen LogP contribution >= 0.6 is 0 Å². The molecule has 1 aliphatic rings. The van der Waals surface area contributed by atoms with Crippen LogP contribution in [0.5, 0.6) is 5.75 Å². The smallest absolute Gasteiger partial charge is 0.335 e. The van der Waals surface area contributed by atoms with Crippen molar-refractivity contribution in [1.29, 1.82) is 0 Å². The van der Waals surface area contributed by atoms with Crippen molar-refractivity contribution in [2.24, 2.45) is 0 Å². The number of rotatable bonds is 6. The molecule has 1 aromatic rings. The fourth-order valence-electron chi connectivity index (χ4n) is 2.48. The average Bonchev–Trinajstić information content (AvgIpc) is 2.68. The molecule has 1 fully saturated rings. The first kappa shape index (κ1) is 15.8. The van der Waals surface area contributed by atoms with E-state index in [0.717, 1.165) is 39.1 Å². The lowest BCUT2D eigenvalue weighted by Crippen LogP contribution is -2.31. The number of nitrogens with zero attached hydrogens (tertiary/aromatic N) is 1. The van der Waals surface area contributed by atoms with Gasteiger partial charge in [-0.05, 0) is 38.0 Å². The van der Waals surface area contributed by atoms with Gasteiger partial charge in [0.25, 0.3) is 0 Å². The Bertz CT molecular complexity index is 463. The lowest BCUT2D eigenvalue weighted by Gasteiger charge is -2.21. The molecule has 1 aromatic carbocycles. The number of carboxylic acid groups (broad SMARTS) is 1. The molecule has 21 heavy (non-hydrogen) atoms. The van der Waals surface area contributed by atoms with Crippen LogP contribution < -0.4 is 4.74 Å². The molecule has 1 atom stereocenters. The topological polar surface area (TPSA) is 59.0 Å². The molecule has 1 aliphatic heterocycles. The highest BCUT2D eigenvalue weighted by Crippen LogP contribution is 2.14. The molecule has 2 rings (SSSR count). The van der Waals surface area contributed by atoms with Gasteiger partial charge in [0.1, 0.15) is 5.75 Å². The highest BCUT2D eigenvalue weighted by molar-refractivity contribution is 5.87. The first-order chi connectivity index (χ1) is 10.1. The Morgan fingerprint density at radius 3 is 3.19 bits per heavy atom. The Hall–Kier alpha value is -1.59. The van der Waals surface area contributed by atoms with E-state index in [0.29, 0.717) is 18.5 Å². The number of ether oxygens (including phenoxy) is 2. The Morgan fingerprint density at radius 2 is 2.38 bits per heavy atom. The number of carboxylic acids is 1. The summed E-state index contributed by atoms with van der Waals surface area (Å²) in [5, 5.41) is 8.93. The van der Waals surface area contributed by atoms with Crippen molar-refractivity contribution >= 4 is 5.97 Å². The van der Waals surface area contributed by atoms with Crippen LogP contribution in [0.15, 0.2) is 24.3 Å². The van der Waals surface area contributed by atoms with Crippen LogP contribution in [0.2, 0.25) is 0 Å². The first-order valence-corrected chi connectivity index (χ1v) is 7.45. The van der Waals surface area contributed by atoms with Crippen LogP contribution in [0.25, 0.3) is 0 Å². The van der Waals surface area contributed by atoms with Crippen LogP contribution in [0.4, 0.5) is 0 Å². The third-order valence-electron chi connectivity index (χ3n) is 3.50. The molecule has 0 amide bonds. The van der Waals surface area contributed by atoms with Crippen molar-refractivity contribution in [3.8, 4) is 5.75 Å². The Morgan fingerprint density at radius 1 is 1.52 bits per heavy atom. The minimum absolute atomic E-state index is 0.256. The molecule has 1 heterocycles. The molecule has 0 bridgehead atoms. The van der Waals surface area contributed by atoms with Gasteiger partial charge in [-0.3, -0.25) is 0 Å². The Balaban J connectivity index is 1.71. The van der Waals surface area contributed by atoms with Crippen molar-refractivity contribution in [1.82, 2.24) is 4.90 Å². The third-order valence-corrected chi connectivity index (χ3v) is 3.50. The zero-order valence-electron chi connectivity index (χ0n) is 12.5. The SMILES string of the molecule is CC1CN(CCCOc2cccc(C(=O)O)c2)CCCO1. The largest absolute Gasteiger partial charge is 0.494 e. The van der Waals surface area contributed by atoms with Crippen LogP contribution in [0, 0.1) is 0 Å². The molecular formula is C16H23NO4. The van der Waals surface area contributed by atoms with Gasteiger partial charge in [-0.15, -0.1) is 0 Å². The van der Waals surface area contributed by atoms with Crippen LogP contribution in [0.3, 0.4) is 0 Å². The molecule has 0 aliphatic carbocycles. The summed E-state index contributed by atoms with van der Waals surface area (Å²) in [7, 11) is 0. The van der Waals surface area contributed by atoms with Gasteiger partial charge in [0.2, 0.25) is 0 Å². The maximum atomic E-state index is 10.9. The molecule has 116 valence electrons. The van der Waals surface area contributed by atoms with Crippen LogP contribution in [-0.4, -0.2) is 54.9 Å². The van der Waals surface area contributed by atoms with Crippen molar-refractivity contribution < 1.29 is 19.4 Å². The van der Waals surface area contributed by atoms with Gasteiger partial charge in [-0.25, -0.2) is 4.79 Å². The zero-order chi connectivity index (χ0) is 15.1. The van der Waals surface area contributed by atoms with Crippen molar-refractivity contribution in [2.45, 2.75) is 25.9 Å². The van der Waals surface area contributed by atoms with E-state index in [1.807, 2.05) is 0 Å². The Kier molecular flexibility index (Phi) is 6.02. The third kappa shape index (κ3) is 5.36. The van der Waals surface area contributed by atoms with E-state index in [2.05, 4.69) is 11.8 Å². The second-order valence-electron chi connectivity index (χ2n) is 5.37. The highest BCUT2D eigenvalue weighted by atomic mass is 16.5. The summed E-state index contributed by atoms with van der Waals surface area (Å²) in [5.41, 5.74) is 0.256. The molecule has 0 aromatic heterocycles. The van der Waals surface area contributed by atoms with Gasteiger partial charge in [0.15, 0.2) is 0 Å². The minimum Gasteiger partial charge on any atom is -0.494 e. The van der Waals surface area contributed by atoms with E-state index in [-0.39, 0.29) is 5.56 Å². The van der Waals surface area contributed by atoms with Gasteiger partial charge < -0.3 is 19.5 Å². The predicted octanol–water partition coefficient (Wildman–Crippen LogP) is 2.26. The number of hydrogen-bond acceptors (Lipinski definition) is 4. The molecule has 5 nitrogen and oxygen atoms in total. The van der Waals surface area contributed by atoms with Gasteiger partial charge in [-0.1, -0.05) is 6.07 Å². The van der Waals surface area contributed by atoms with E-state index >= 15 is 0 Å². The summed E-state index contributed by atoms with van der Waals surface area (Å²) < 4.78 is 11.2. The molecule has 0 radical (unpaired) electrons. The molecule has 1 N–H and O–H groups in total. The number of aromatic carboxylic acids is 1.